The summed E-state index contributed by atoms with van der Waals surface area (Å²) in [6.45, 7) is 6.81. The Balaban J connectivity index is 1.73. The molecule has 2 fully saturated rings. The first kappa shape index (κ1) is 23.2. The lowest BCUT2D eigenvalue weighted by Crippen LogP contribution is -2.45. The molecule has 174 valence electrons. The van der Waals surface area contributed by atoms with Crippen LogP contribution in [0.4, 0.5) is 0 Å². The molecule has 1 aliphatic carbocycles. The monoisotopic (exact) mass is 457 g/mol. The maximum absolute atomic E-state index is 13.3. The van der Waals surface area contributed by atoms with Gasteiger partial charge in [0.05, 0.1) is 18.4 Å². The van der Waals surface area contributed by atoms with E-state index in [9.17, 15) is 4.79 Å². The molecule has 4 rings (SSSR count). The van der Waals surface area contributed by atoms with Crippen molar-refractivity contribution in [2.45, 2.75) is 71.8 Å². The number of benzene rings is 1. The fourth-order valence-electron chi connectivity index (χ4n) is 5.19. The van der Waals surface area contributed by atoms with Crippen LogP contribution in [0.15, 0.2) is 18.2 Å². The summed E-state index contributed by atoms with van der Waals surface area (Å²) in [5.41, 5.74) is 7.83. The molecule has 0 spiro atoms. The van der Waals surface area contributed by atoms with Crippen molar-refractivity contribution in [3.63, 3.8) is 0 Å². The quantitative estimate of drug-likeness (QED) is 0.566. The first-order chi connectivity index (χ1) is 15.5. The summed E-state index contributed by atoms with van der Waals surface area (Å²) in [6.07, 6.45) is 9.92. The van der Waals surface area contributed by atoms with Crippen LogP contribution in [0.2, 0.25) is 5.02 Å². The van der Waals surface area contributed by atoms with Crippen LogP contribution in [0.5, 0.6) is 5.75 Å². The van der Waals surface area contributed by atoms with E-state index in [-0.39, 0.29) is 5.91 Å². The first-order valence-corrected chi connectivity index (χ1v) is 12.5. The highest BCUT2D eigenvalue weighted by Crippen LogP contribution is 2.38. The Kier molecular flexibility index (Phi) is 7.47. The molecule has 2 aliphatic rings. The largest absolute Gasteiger partial charge is 0.496 e. The minimum Gasteiger partial charge on any atom is -0.496 e. The molecule has 1 amide bonds. The highest BCUT2D eigenvalue weighted by atomic mass is 35.5. The predicted octanol–water partition coefficient (Wildman–Crippen LogP) is 6.14. The molecule has 2 heterocycles. The zero-order valence-corrected chi connectivity index (χ0v) is 20.4. The number of carbonyl (C=O) groups excluding carboxylic acids is 1. The number of methoxy groups -OCH3 is 1. The molecule has 0 atom stereocenters. The molecule has 0 radical (unpaired) electrons. The molecule has 1 aromatic carbocycles. The van der Waals surface area contributed by atoms with Gasteiger partial charge >= 0.3 is 0 Å². The Hall–Kier alpha value is -1.98. The average Bonchev–Trinajstić information content (AvgIpc) is 3.12. The fourth-order valence-corrected chi connectivity index (χ4v) is 5.36. The summed E-state index contributed by atoms with van der Waals surface area (Å²) in [7, 11) is 1.69. The zero-order chi connectivity index (χ0) is 22.7. The Bertz CT molecular complexity index is 956. The SMILES string of the molecule is COc1cc(C)c(Cl)cc1-c1cc(C(=O)NN2CCCCC2)c(C)n1CC1CCCCC1. The molecule has 1 saturated carbocycles. The Morgan fingerprint density at radius 3 is 2.44 bits per heavy atom. The second-order valence-corrected chi connectivity index (χ2v) is 9.84. The molecular weight excluding hydrogens is 422 g/mol. The van der Waals surface area contributed by atoms with Gasteiger partial charge in [-0.1, -0.05) is 37.3 Å². The zero-order valence-electron chi connectivity index (χ0n) is 19.7. The molecule has 1 saturated heterocycles. The van der Waals surface area contributed by atoms with E-state index in [1.807, 2.05) is 25.1 Å². The standard InChI is InChI=1S/C26H36ClN3O2/c1-18-14-25(32-3)22(15-23(18)27)24-16-21(26(31)28-29-12-8-5-9-13-29)19(2)30(24)17-20-10-6-4-7-11-20/h14-16,20H,4-13,17H2,1-3H3,(H,28,31). The smallest absolute Gasteiger partial charge is 0.267 e. The van der Waals surface area contributed by atoms with E-state index in [1.54, 1.807) is 7.11 Å². The average molecular weight is 458 g/mol. The van der Waals surface area contributed by atoms with Gasteiger partial charge in [-0.15, -0.1) is 0 Å². The van der Waals surface area contributed by atoms with Crippen LogP contribution in [-0.2, 0) is 6.54 Å². The summed E-state index contributed by atoms with van der Waals surface area (Å²) >= 11 is 6.52. The van der Waals surface area contributed by atoms with Crippen molar-refractivity contribution in [2.24, 2.45) is 5.92 Å². The third-order valence-corrected chi connectivity index (χ3v) is 7.56. The van der Waals surface area contributed by atoms with Crippen LogP contribution < -0.4 is 10.2 Å². The van der Waals surface area contributed by atoms with Crippen molar-refractivity contribution < 1.29 is 9.53 Å². The van der Waals surface area contributed by atoms with E-state index in [0.717, 1.165) is 66.3 Å². The van der Waals surface area contributed by atoms with Gasteiger partial charge in [0, 0.05) is 35.9 Å². The number of aryl methyl sites for hydroxylation is 1. The van der Waals surface area contributed by atoms with Crippen molar-refractivity contribution in [1.29, 1.82) is 0 Å². The van der Waals surface area contributed by atoms with Gasteiger partial charge in [-0.05, 0) is 69.2 Å². The number of hydrogen-bond acceptors (Lipinski definition) is 3. The number of amides is 1. The summed E-state index contributed by atoms with van der Waals surface area (Å²) < 4.78 is 8.05. The lowest BCUT2D eigenvalue weighted by molar-refractivity contribution is 0.0749. The van der Waals surface area contributed by atoms with Crippen molar-refractivity contribution in [2.75, 3.05) is 20.2 Å². The van der Waals surface area contributed by atoms with E-state index in [4.69, 9.17) is 16.3 Å². The van der Waals surface area contributed by atoms with Crippen LogP contribution in [0.1, 0.15) is 73.0 Å². The van der Waals surface area contributed by atoms with E-state index in [2.05, 4.69) is 21.9 Å². The maximum Gasteiger partial charge on any atom is 0.267 e. The van der Waals surface area contributed by atoms with Crippen molar-refractivity contribution in [3.8, 4) is 17.0 Å². The van der Waals surface area contributed by atoms with Crippen molar-refractivity contribution in [1.82, 2.24) is 15.0 Å². The van der Waals surface area contributed by atoms with Crippen LogP contribution in [-0.4, -0.2) is 35.7 Å². The van der Waals surface area contributed by atoms with Crippen molar-refractivity contribution >= 4 is 17.5 Å². The number of aromatic nitrogens is 1. The number of hydrazine groups is 1. The molecule has 2 aromatic rings. The Morgan fingerprint density at radius 2 is 1.75 bits per heavy atom. The number of piperidine rings is 1. The van der Waals surface area contributed by atoms with E-state index in [1.165, 1.54) is 38.5 Å². The molecule has 5 nitrogen and oxygen atoms in total. The van der Waals surface area contributed by atoms with E-state index < -0.39 is 0 Å². The fraction of sp³-hybridized carbons (Fsp3) is 0.577. The van der Waals surface area contributed by atoms with E-state index in [0.29, 0.717) is 10.9 Å². The molecule has 1 aromatic heterocycles. The number of rotatable bonds is 6. The van der Waals surface area contributed by atoms with Gasteiger partial charge in [0.2, 0.25) is 0 Å². The van der Waals surface area contributed by atoms with Gasteiger partial charge in [-0.3, -0.25) is 10.2 Å². The summed E-state index contributed by atoms with van der Waals surface area (Å²) in [6, 6.07) is 5.99. The van der Waals surface area contributed by atoms with Gasteiger partial charge < -0.3 is 9.30 Å². The normalized spacial score (nSPS) is 18.0. The van der Waals surface area contributed by atoms with Crippen LogP contribution in [0.25, 0.3) is 11.3 Å². The first-order valence-electron chi connectivity index (χ1n) is 12.1. The second-order valence-electron chi connectivity index (χ2n) is 9.43. The molecule has 1 N–H and O–H groups in total. The number of halogens is 1. The lowest BCUT2D eigenvalue weighted by atomic mass is 9.89. The molecule has 1 aliphatic heterocycles. The van der Waals surface area contributed by atoms with Crippen LogP contribution in [0, 0.1) is 19.8 Å². The maximum atomic E-state index is 13.3. The molecule has 0 unspecified atom stereocenters. The summed E-state index contributed by atoms with van der Waals surface area (Å²) in [5.74, 6) is 1.40. The number of nitrogens with one attached hydrogen (secondary N) is 1. The van der Waals surface area contributed by atoms with Gasteiger partial charge in [0.15, 0.2) is 0 Å². The number of ether oxygens (including phenoxy) is 1. The number of nitrogens with zero attached hydrogens (tertiary/aromatic N) is 2. The van der Waals surface area contributed by atoms with Gasteiger partial charge in [0.1, 0.15) is 5.75 Å². The van der Waals surface area contributed by atoms with Crippen LogP contribution in [0.3, 0.4) is 0 Å². The summed E-state index contributed by atoms with van der Waals surface area (Å²) in [5, 5.41) is 2.77. The number of hydrogen-bond donors (Lipinski definition) is 1. The molecular formula is C26H36ClN3O2. The van der Waals surface area contributed by atoms with Gasteiger partial charge in [-0.2, -0.15) is 0 Å². The summed E-state index contributed by atoms with van der Waals surface area (Å²) in [4.78, 5) is 13.3. The highest BCUT2D eigenvalue weighted by Gasteiger charge is 2.25. The minimum absolute atomic E-state index is 0.0229. The predicted molar refractivity (Wildman–Crippen MR) is 130 cm³/mol. The third kappa shape index (κ3) is 4.99. The highest BCUT2D eigenvalue weighted by molar-refractivity contribution is 6.31. The molecule has 6 heteroatoms. The van der Waals surface area contributed by atoms with E-state index >= 15 is 0 Å². The van der Waals surface area contributed by atoms with Gasteiger partial charge in [0.25, 0.3) is 5.91 Å². The topological polar surface area (TPSA) is 46.5 Å². The van der Waals surface area contributed by atoms with Crippen LogP contribution >= 0.6 is 11.6 Å². The lowest BCUT2D eigenvalue weighted by Gasteiger charge is -2.27. The molecule has 0 bridgehead atoms. The molecule has 32 heavy (non-hydrogen) atoms. The van der Waals surface area contributed by atoms with Crippen molar-refractivity contribution in [3.05, 3.63) is 40.0 Å². The Morgan fingerprint density at radius 1 is 1.06 bits per heavy atom. The third-order valence-electron chi connectivity index (χ3n) is 7.15. The number of carbonyl (C=O) groups is 1. The Labute approximate surface area is 197 Å². The van der Waals surface area contributed by atoms with Gasteiger partial charge in [-0.25, -0.2) is 5.01 Å². The second kappa shape index (κ2) is 10.3. The minimum atomic E-state index is -0.0229.